The van der Waals surface area contributed by atoms with Crippen LogP contribution in [0.25, 0.3) is 0 Å². The number of aromatic nitrogens is 2. The Hall–Kier alpha value is -2.38. The Labute approximate surface area is 155 Å². The van der Waals surface area contributed by atoms with Crippen molar-refractivity contribution in [3.63, 3.8) is 0 Å². The van der Waals surface area contributed by atoms with Crippen molar-refractivity contribution in [2.45, 2.75) is 6.42 Å². The number of likely N-dealkylation sites (N-methyl/N-ethyl adjacent to an activating group) is 1. The lowest BCUT2D eigenvalue weighted by atomic mass is 10.2. The van der Waals surface area contributed by atoms with E-state index in [0.29, 0.717) is 5.95 Å². The highest BCUT2D eigenvalue weighted by Crippen LogP contribution is 2.21. The molecule has 0 saturated carbocycles. The molecule has 2 N–H and O–H groups in total. The maximum Gasteiger partial charge on any atom is 0.224 e. The number of hydrogen-bond donors (Lipinski definition) is 2. The highest BCUT2D eigenvalue weighted by Gasteiger charge is 2.13. The Morgan fingerprint density at radius 1 is 1.08 bits per heavy atom. The van der Waals surface area contributed by atoms with E-state index in [1.165, 1.54) is 5.69 Å². The molecule has 3 rings (SSSR count). The first-order valence-electron chi connectivity index (χ1n) is 9.11. The second-order valence-electron chi connectivity index (χ2n) is 6.50. The van der Waals surface area contributed by atoms with Crippen LogP contribution in [0.5, 0.6) is 0 Å². The van der Waals surface area contributed by atoms with Crippen molar-refractivity contribution < 1.29 is 4.74 Å². The van der Waals surface area contributed by atoms with Crippen molar-refractivity contribution >= 4 is 23.1 Å². The van der Waals surface area contributed by atoms with E-state index < -0.39 is 0 Å². The molecule has 0 amide bonds. The van der Waals surface area contributed by atoms with E-state index in [2.05, 4.69) is 61.7 Å². The zero-order valence-electron chi connectivity index (χ0n) is 15.6. The minimum atomic E-state index is 0.625. The average molecular weight is 356 g/mol. The van der Waals surface area contributed by atoms with Gasteiger partial charge in [-0.15, -0.1) is 0 Å². The standard InChI is InChI=1S/C19H28N6O/c1-24-11-13-25(14-12-24)17-6-4-16(5-7-17)22-18-8-10-21-19(23-18)20-9-3-15-26-2/h4-8,10H,3,9,11-15H2,1-2H3,(H2,20,21,22,23). The molecule has 0 bridgehead atoms. The van der Waals surface area contributed by atoms with Crippen LogP contribution in [0.2, 0.25) is 0 Å². The minimum absolute atomic E-state index is 0.625. The number of methoxy groups -OCH3 is 1. The molecule has 1 saturated heterocycles. The van der Waals surface area contributed by atoms with Crippen LogP contribution in [0.1, 0.15) is 6.42 Å². The normalized spacial score (nSPS) is 15.1. The first-order chi connectivity index (χ1) is 12.7. The molecule has 0 aliphatic carbocycles. The summed E-state index contributed by atoms with van der Waals surface area (Å²) in [4.78, 5) is 13.5. The van der Waals surface area contributed by atoms with Gasteiger partial charge in [0.1, 0.15) is 5.82 Å². The molecule has 1 aliphatic heterocycles. The molecule has 0 spiro atoms. The van der Waals surface area contributed by atoms with E-state index >= 15 is 0 Å². The Kier molecular flexibility index (Phi) is 6.62. The molecule has 0 unspecified atom stereocenters. The van der Waals surface area contributed by atoms with E-state index in [1.807, 2.05) is 6.07 Å². The van der Waals surface area contributed by atoms with Gasteiger partial charge in [-0.2, -0.15) is 4.98 Å². The van der Waals surface area contributed by atoms with Crippen LogP contribution in [-0.2, 0) is 4.74 Å². The molecular formula is C19H28N6O. The van der Waals surface area contributed by atoms with Crippen molar-refractivity contribution in [3.8, 4) is 0 Å². The number of rotatable bonds is 8. The van der Waals surface area contributed by atoms with Gasteiger partial charge in [0.25, 0.3) is 0 Å². The minimum Gasteiger partial charge on any atom is -0.385 e. The van der Waals surface area contributed by atoms with Crippen molar-refractivity contribution in [1.82, 2.24) is 14.9 Å². The zero-order chi connectivity index (χ0) is 18.2. The third-order valence-corrected chi connectivity index (χ3v) is 4.47. The lowest BCUT2D eigenvalue weighted by Crippen LogP contribution is -2.44. The van der Waals surface area contributed by atoms with Crippen LogP contribution in [0.4, 0.5) is 23.1 Å². The quantitative estimate of drug-likeness (QED) is 0.704. The molecule has 1 aromatic carbocycles. The van der Waals surface area contributed by atoms with Crippen LogP contribution in [0, 0.1) is 0 Å². The topological polar surface area (TPSA) is 65.6 Å². The van der Waals surface area contributed by atoms with E-state index in [4.69, 9.17) is 4.74 Å². The summed E-state index contributed by atoms with van der Waals surface area (Å²) in [5, 5.41) is 6.55. The van der Waals surface area contributed by atoms with E-state index in [0.717, 1.165) is 57.3 Å². The predicted molar refractivity (Wildman–Crippen MR) is 106 cm³/mol. The van der Waals surface area contributed by atoms with E-state index in [-0.39, 0.29) is 0 Å². The van der Waals surface area contributed by atoms with Gasteiger partial charge in [-0.05, 0) is 43.8 Å². The molecule has 0 atom stereocenters. The maximum atomic E-state index is 5.04. The first-order valence-corrected chi connectivity index (χ1v) is 9.11. The van der Waals surface area contributed by atoms with Gasteiger partial charge >= 0.3 is 0 Å². The zero-order valence-corrected chi connectivity index (χ0v) is 15.6. The second-order valence-corrected chi connectivity index (χ2v) is 6.50. The molecule has 1 aromatic heterocycles. The van der Waals surface area contributed by atoms with Gasteiger partial charge in [-0.3, -0.25) is 0 Å². The number of piperazine rings is 1. The smallest absolute Gasteiger partial charge is 0.224 e. The molecule has 2 aromatic rings. The van der Waals surface area contributed by atoms with Crippen molar-refractivity contribution in [1.29, 1.82) is 0 Å². The fourth-order valence-electron chi connectivity index (χ4n) is 2.90. The summed E-state index contributed by atoms with van der Waals surface area (Å²) in [5.41, 5.74) is 2.29. The van der Waals surface area contributed by atoms with Crippen molar-refractivity contribution in [2.24, 2.45) is 0 Å². The van der Waals surface area contributed by atoms with Crippen molar-refractivity contribution in [3.05, 3.63) is 36.5 Å². The van der Waals surface area contributed by atoms with Crippen molar-refractivity contribution in [2.75, 3.05) is 69.0 Å². The largest absolute Gasteiger partial charge is 0.385 e. The molecule has 7 nitrogen and oxygen atoms in total. The fraction of sp³-hybridized carbons (Fsp3) is 0.474. The number of hydrogen-bond acceptors (Lipinski definition) is 7. The molecule has 1 aliphatic rings. The Balaban J connectivity index is 1.55. The van der Waals surface area contributed by atoms with Gasteiger partial charge in [0.05, 0.1) is 0 Å². The molecule has 1 fully saturated rings. The molecule has 2 heterocycles. The van der Waals surface area contributed by atoms with Crippen LogP contribution in [0.3, 0.4) is 0 Å². The maximum absolute atomic E-state index is 5.04. The van der Waals surface area contributed by atoms with Gasteiger partial charge in [0.2, 0.25) is 5.95 Å². The number of ether oxygens (including phenoxy) is 1. The van der Waals surface area contributed by atoms with Gasteiger partial charge in [0, 0.05) is 64.0 Å². The van der Waals surface area contributed by atoms with Gasteiger partial charge in [0.15, 0.2) is 0 Å². The second kappa shape index (κ2) is 9.35. The highest BCUT2D eigenvalue weighted by molar-refractivity contribution is 5.61. The molecular weight excluding hydrogens is 328 g/mol. The van der Waals surface area contributed by atoms with E-state index in [1.54, 1.807) is 13.3 Å². The predicted octanol–water partition coefficient (Wildman–Crippen LogP) is 2.42. The number of benzene rings is 1. The SMILES string of the molecule is COCCCNc1nccc(Nc2ccc(N3CCN(C)CC3)cc2)n1. The number of nitrogens with one attached hydrogen (secondary N) is 2. The average Bonchev–Trinajstić information content (AvgIpc) is 2.67. The summed E-state index contributed by atoms with van der Waals surface area (Å²) in [6, 6.07) is 10.4. The number of nitrogens with zero attached hydrogens (tertiary/aromatic N) is 4. The van der Waals surface area contributed by atoms with Gasteiger partial charge in [-0.1, -0.05) is 0 Å². The fourth-order valence-corrected chi connectivity index (χ4v) is 2.90. The summed E-state index contributed by atoms with van der Waals surface area (Å²) in [6.07, 6.45) is 2.68. The molecule has 140 valence electrons. The summed E-state index contributed by atoms with van der Waals surface area (Å²) in [5.74, 6) is 1.40. The third kappa shape index (κ3) is 5.31. The lowest BCUT2D eigenvalue weighted by Gasteiger charge is -2.34. The third-order valence-electron chi connectivity index (χ3n) is 4.47. The van der Waals surface area contributed by atoms with Gasteiger partial charge in [-0.25, -0.2) is 4.98 Å². The van der Waals surface area contributed by atoms with Crippen LogP contribution in [0.15, 0.2) is 36.5 Å². The van der Waals surface area contributed by atoms with E-state index in [9.17, 15) is 0 Å². The van der Waals surface area contributed by atoms with Crippen LogP contribution in [-0.4, -0.2) is 68.4 Å². The summed E-state index contributed by atoms with van der Waals surface area (Å²) in [6.45, 7) is 5.89. The van der Waals surface area contributed by atoms with Crippen LogP contribution < -0.4 is 15.5 Å². The molecule has 0 radical (unpaired) electrons. The summed E-state index contributed by atoms with van der Waals surface area (Å²) < 4.78 is 5.04. The summed E-state index contributed by atoms with van der Waals surface area (Å²) in [7, 11) is 3.88. The summed E-state index contributed by atoms with van der Waals surface area (Å²) >= 11 is 0. The molecule has 26 heavy (non-hydrogen) atoms. The molecule has 7 heteroatoms. The number of anilines is 4. The van der Waals surface area contributed by atoms with Crippen LogP contribution >= 0.6 is 0 Å². The monoisotopic (exact) mass is 356 g/mol. The lowest BCUT2D eigenvalue weighted by molar-refractivity contribution is 0.197. The Morgan fingerprint density at radius 2 is 1.85 bits per heavy atom. The Bertz CT molecular complexity index is 670. The first kappa shape index (κ1) is 18.4. The highest BCUT2D eigenvalue weighted by atomic mass is 16.5. The van der Waals surface area contributed by atoms with Gasteiger partial charge < -0.3 is 25.2 Å². The Morgan fingerprint density at radius 3 is 2.58 bits per heavy atom.